The first kappa shape index (κ1) is 11.9. The Morgan fingerprint density at radius 1 is 1.13 bits per heavy atom. The van der Waals surface area contributed by atoms with Crippen LogP contribution in [0, 0.1) is 6.42 Å². The first-order chi connectivity index (χ1) is 7.13. The van der Waals surface area contributed by atoms with Gasteiger partial charge in [0.15, 0.2) is 17.7 Å². The minimum absolute atomic E-state index is 0.122. The summed E-state index contributed by atoms with van der Waals surface area (Å²) in [6, 6.07) is 7.52. The van der Waals surface area contributed by atoms with Crippen LogP contribution in [0.15, 0.2) is 24.3 Å². The molecule has 0 saturated carbocycles. The number of hydrogen-bond acceptors (Lipinski definition) is 3. The molecular weight excluding hydrogens is 190 g/mol. The molecule has 0 aliphatic rings. The van der Waals surface area contributed by atoms with E-state index >= 15 is 0 Å². The third kappa shape index (κ3) is 3.80. The zero-order chi connectivity index (χ0) is 11.3. The van der Waals surface area contributed by atoms with Crippen LogP contribution in [0.4, 0.5) is 0 Å². The third-order valence-corrected chi connectivity index (χ3v) is 1.80. The highest BCUT2D eigenvalue weighted by atomic mass is 16.5. The lowest BCUT2D eigenvalue weighted by atomic mass is 10.3. The third-order valence-electron chi connectivity index (χ3n) is 1.80. The van der Waals surface area contributed by atoms with Gasteiger partial charge in [-0.05, 0) is 26.0 Å². The van der Waals surface area contributed by atoms with Gasteiger partial charge in [0, 0.05) is 6.42 Å². The van der Waals surface area contributed by atoms with Crippen molar-refractivity contribution >= 4 is 0 Å². The summed E-state index contributed by atoms with van der Waals surface area (Å²) < 4.78 is 11.1. The molecule has 3 nitrogen and oxygen atoms in total. The Balaban J connectivity index is 2.76. The smallest absolute Gasteiger partial charge is 0.163 e. The van der Waals surface area contributed by atoms with Crippen molar-refractivity contribution in [3.05, 3.63) is 30.7 Å². The van der Waals surface area contributed by atoms with Crippen LogP contribution in [0.5, 0.6) is 11.5 Å². The summed E-state index contributed by atoms with van der Waals surface area (Å²) in [5.41, 5.74) is 5.67. The standard InChI is InChI=1S/C12H18NO2/c1-4-12(13)15-11-8-6-5-7-10(11)14-9(2)3/h4-9,12H,13H2,1-3H3/t12-/m1/s1. The van der Waals surface area contributed by atoms with E-state index in [1.807, 2.05) is 45.0 Å². The van der Waals surface area contributed by atoms with Crippen LogP contribution >= 0.6 is 0 Å². The zero-order valence-electron chi connectivity index (χ0n) is 9.44. The fourth-order valence-electron chi connectivity index (χ4n) is 1.11. The molecule has 0 aliphatic heterocycles. The molecule has 0 unspecified atom stereocenters. The van der Waals surface area contributed by atoms with Crippen molar-refractivity contribution < 1.29 is 9.47 Å². The van der Waals surface area contributed by atoms with Crippen LogP contribution in [-0.4, -0.2) is 12.3 Å². The molecule has 0 aliphatic carbocycles. The lowest BCUT2D eigenvalue weighted by Crippen LogP contribution is -2.26. The van der Waals surface area contributed by atoms with Crippen molar-refractivity contribution in [3.8, 4) is 11.5 Å². The number of rotatable bonds is 5. The molecule has 1 rings (SSSR count). The molecular formula is C12H18NO2. The average molecular weight is 208 g/mol. The summed E-state index contributed by atoms with van der Waals surface area (Å²) in [5.74, 6) is 1.40. The normalized spacial score (nSPS) is 12.6. The van der Waals surface area contributed by atoms with E-state index in [0.717, 1.165) is 5.75 Å². The Hall–Kier alpha value is -1.22. The molecule has 1 aromatic carbocycles. The Morgan fingerprint density at radius 3 is 2.13 bits per heavy atom. The van der Waals surface area contributed by atoms with E-state index in [2.05, 4.69) is 0 Å². The van der Waals surface area contributed by atoms with Gasteiger partial charge in [-0.25, -0.2) is 0 Å². The largest absolute Gasteiger partial charge is 0.487 e. The van der Waals surface area contributed by atoms with Gasteiger partial charge in [0.2, 0.25) is 0 Å². The number of hydrogen-bond donors (Lipinski definition) is 1. The van der Waals surface area contributed by atoms with Crippen molar-refractivity contribution in [1.82, 2.24) is 0 Å². The van der Waals surface area contributed by atoms with E-state index in [1.54, 1.807) is 6.42 Å². The van der Waals surface area contributed by atoms with Gasteiger partial charge in [-0.15, -0.1) is 0 Å². The molecule has 0 saturated heterocycles. The molecule has 3 heteroatoms. The van der Waals surface area contributed by atoms with E-state index in [-0.39, 0.29) is 6.10 Å². The summed E-state index contributed by atoms with van der Waals surface area (Å²) in [4.78, 5) is 0. The van der Waals surface area contributed by atoms with Gasteiger partial charge in [0.05, 0.1) is 6.10 Å². The van der Waals surface area contributed by atoms with Crippen LogP contribution in [-0.2, 0) is 0 Å². The highest BCUT2D eigenvalue weighted by molar-refractivity contribution is 5.39. The Bertz CT molecular complexity index is 299. The molecule has 15 heavy (non-hydrogen) atoms. The van der Waals surface area contributed by atoms with Gasteiger partial charge < -0.3 is 9.47 Å². The summed E-state index contributed by atoms with van der Waals surface area (Å²) >= 11 is 0. The average Bonchev–Trinajstić information content (AvgIpc) is 2.20. The van der Waals surface area contributed by atoms with Gasteiger partial charge in [-0.2, -0.15) is 0 Å². The molecule has 1 atom stereocenters. The molecule has 2 N–H and O–H groups in total. The van der Waals surface area contributed by atoms with Gasteiger partial charge >= 0.3 is 0 Å². The van der Waals surface area contributed by atoms with Gasteiger partial charge in [0.1, 0.15) is 0 Å². The van der Waals surface area contributed by atoms with Crippen LogP contribution in [0.2, 0.25) is 0 Å². The molecule has 0 spiro atoms. The molecule has 83 valence electrons. The number of ether oxygens (including phenoxy) is 2. The first-order valence-electron chi connectivity index (χ1n) is 5.11. The highest BCUT2D eigenvalue weighted by Crippen LogP contribution is 2.27. The van der Waals surface area contributed by atoms with Crippen LogP contribution in [0.3, 0.4) is 0 Å². The van der Waals surface area contributed by atoms with Crippen LogP contribution < -0.4 is 15.2 Å². The molecule has 1 aromatic rings. The van der Waals surface area contributed by atoms with E-state index in [9.17, 15) is 0 Å². The van der Waals surface area contributed by atoms with Gasteiger partial charge in [-0.1, -0.05) is 19.1 Å². The lowest BCUT2D eigenvalue weighted by molar-refractivity contribution is 0.199. The number of nitrogens with two attached hydrogens (primary N) is 1. The van der Waals surface area contributed by atoms with E-state index in [4.69, 9.17) is 15.2 Å². The van der Waals surface area contributed by atoms with Crippen LogP contribution in [0.25, 0.3) is 0 Å². The van der Waals surface area contributed by atoms with Gasteiger partial charge in [0.25, 0.3) is 0 Å². The number of para-hydroxylation sites is 2. The molecule has 1 radical (unpaired) electrons. The van der Waals surface area contributed by atoms with Crippen molar-refractivity contribution in [3.63, 3.8) is 0 Å². The zero-order valence-corrected chi connectivity index (χ0v) is 9.44. The van der Waals surface area contributed by atoms with Gasteiger partial charge in [-0.3, -0.25) is 5.73 Å². The van der Waals surface area contributed by atoms with E-state index < -0.39 is 6.23 Å². The minimum Gasteiger partial charge on any atom is -0.487 e. The van der Waals surface area contributed by atoms with Crippen molar-refractivity contribution in [2.75, 3.05) is 0 Å². The van der Waals surface area contributed by atoms with Crippen molar-refractivity contribution in [2.24, 2.45) is 5.73 Å². The lowest BCUT2D eigenvalue weighted by Gasteiger charge is -2.17. The highest BCUT2D eigenvalue weighted by Gasteiger charge is 2.08. The predicted octanol–water partition coefficient (Wildman–Crippen LogP) is 2.36. The summed E-state index contributed by atoms with van der Waals surface area (Å²) in [6.45, 7) is 5.81. The fourth-order valence-corrected chi connectivity index (χ4v) is 1.11. The van der Waals surface area contributed by atoms with E-state index in [0.29, 0.717) is 5.75 Å². The predicted molar refractivity (Wildman–Crippen MR) is 60.8 cm³/mol. The Morgan fingerprint density at radius 2 is 1.67 bits per heavy atom. The molecule has 0 heterocycles. The topological polar surface area (TPSA) is 44.5 Å². The summed E-state index contributed by atoms with van der Waals surface area (Å²) in [7, 11) is 0. The summed E-state index contributed by atoms with van der Waals surface area (Å²) in [5, 5.41) is 0. The molecule has 0 fully saturated rings. The van der Waals surface area contributed by atoms with Crippen molar-refractivity contribution in [2.45, 2.75) is 33.1 Å². The number of benzene rings is 1. The fraction of sp³-hybridized carbons (Fsp3) is 0.417. The maximum Gasteiger partial charge on any atom is 0.163 e. The minimum atomic E-state index is -0.401. The molecule has 0 amide bonds. The maximum absolute atomic E-state index is 5.67. The van der Waals surface area contributed by atoms with Crippen LogP contribution in [0.1, 0.15) is 20.8 Å². The summed E-state index contributed by atoms with van der Waals surface area (Å²) in [6.07, 6.45) is 1.50. The Kier molecular flexibility index (Phi) is 4.43. The second-order valence-corrected chi connectivity index (χ2v) is 3.53. The SMILES string of the molecule is C[CH][C@H](N)Oc1ccccc1OC(C)C. The molecule has 0 bridgehead atoms. The Labute approximate surface area is 91.2 Å². The van der Waals surface area contributed by atoms with E-state index in [1.165, 1.54) is 0 Å². The quantitative estimate of drug-likeness (QED) is 0.755. The first-order valence-corrected chi connectivity index (χ1v) is 5.11. The monoisotopic (exact) mass is 208 g/mol. The second-order valence-electron chi connectivity index (χ2n) is 3.53. The van der Waals surface area contributed by atoms with Crippen molar-refractivity contribution in [1.29, 1.82) is 0 Å². The second kappa shape index (κ2) is 5.61. The molecule has 0 aromatic heterocycles. The maximum atomic E-state index is 5.67.